The topological polar surface area (TPSA) is 72.2 Å². The second kappa shape index (κ2) is 8.08. The van der Waals surface area contributed by atoms with Crippen LogP contribution in [0.4, 0.5) is 0 Å². The predicted octanol–water partition coefficient (Wildman–Crippen LogP) is 4.45. The Kier molecular flexibility index (Phi) is 6.01. The van der Waals surface area contributed by atoms with Crippen molar-refractivity contribution in [2.24, 2.45) is 0 Å². The summed E-state index contributed by atoms with van der Waals surface area (Å²) in [6.45, 7) is 1.72. The molecule has 0 bridgehead atoms. The standard InChI is InChI=1S/C18H16ClIN2O3S/c1-12-10-17(21-25-12)11-26(23,24)22-18(13-2-6-15(19)7-3-13)14-4-8-16(20)9-5-14/h2-10,18,22H,11H2,1H3. The van der Waals surface area contributed by atoms with Gasteiger partial charge in [-0.25, -0.2) is 13.1 Å². The van der Waals surface area contributed by atoms with E-state index in [0.29, 0.717) is 16.5 Å². The quantitative estimate of drug-likeness (QED) is 0.506. The van der Waals surface area contributed by atoms with E-state index in [9.17, 15) is 8.42 Å². The highest BCUT2D eigenvalue weighted by Gasteiger charge is 2.23. The molecule has 2 aromatic carbocycles. The fourth-order valence-corrected chi connectivity index (χ4v) is 4.27. The summed E-state index contributed by atoms with van der Waals surface area (Å²) < 4.78 is 34.2. The van der Waals surface area contributed by atoms with Crippen molar-refractivity contribution in [2.75, 3.05) is 0 Å². The molecule has 0 aliphatic carbocycles. The van der Waals surface area contributed by atoms with Crippen molar-refractivity contribution >= 4 is 44.2 Å². The van der Waals surface area contributed by atoms with Crippen LogP contribution in [0.25, 0.3) is 0 Å². The molecule has 0 saturated carbocycles. The SMILES string of the molecule is Cc1cc(CS(=O)(=O)NC(c2ccc(Cl)cc2)c2ccc(I)cc2)no1. The van der Waals surface area contributed by atoms with Gasteiger partial charge in [0.25, 0.3) is 0 Å². The van der Waals surface area contributed by atoms with Gasteiger partial charge in [-0.05, 0) is 64.9 Å². The smallest absolute Gasteiger partial charge is 0.218 e. The highest BCUT2D eigenvalue weighted by molar-refractivity contribution is 14.1. The zero-order chi connectivity index (χ0) is 18.7. The molecular formula is C18H16ClIN2O3S. The third-order valence-electron chi connectivity index (χ3n) is 3.72. The number of rotatable bonds is 6. The van der Waals surface area contributed by atoms with Crippen molar-refractivity contribution < 1.29 is 12.9 Å². The first-order chi connectivity index (χ1) is 12.3. The molecule has 5 nitrogen and oxygen atoms in total. The van der Waals surface area contributed by atoms with Gasteiger partial charge in [0, 0.05) is 14.7 Å². The lowest BCUT2D eigenvalue weighted by molar-refractivity contribution is 0.392. The minimum atomic E-state index is -3.64. The lowest BCUT2D eigenvalue weighted by Crippen LogP contribution is -2.30. The van der Waals surface area contributed by atoms with Crippen LogP contribution in [0.5, 0.6) is 0 Å². The Bertz CT molecular complexity index is 941. The first-order valence-corrected chi connectivity index (χ1v) is 10.9. The first kappa shape index (κ1) is 19.3. The lowest BCUT2D eigenvalue weighted by Gasteiger charge is -2.20. The Hall–Kier alpha value is -1.42. The normalized spacial score (nSPS) is 12.9. The highest BCUT2D eigenvalue weighted by Crippen LogP contribution is 2.25. The van der Waals surface area contributed by atoms with E-state index in [2.05, 4.69) is 32.5 Å². The molecule has 0 amide bonds. The van der Waals surface area contributed by atoms with Crippen LogP contribution >= 0.6 is 34.2 Å². The van der Waals surface area contributed by atoms with Gasteiger partial charge in [-0.2, -0.15) is 0 Å². The van der Waals surface area contributed by atoms with E-state index in [4.69, 9.17) is 16.1 Å². The number of nitrogens with zero attached hydrogens (tertiary/aromatic N) is 1. The predicted molar refractivity (Wildman–Crippen MR) is 109 cm³/mol. The fraction of sp³-hybridized carbons (Fsp3) is 0.167. The van der Waals surface area contributed by atoms with Gasteiger partial charge in [-0.15, -0.1) is 0 Å². The van der Waals surface area contributed by atoms with E-state index in [1.54, 1.807) is 25.1 Å². The molecule has 0 saturated heterocycles. The summed E-state index contributed by atoms with van der Waals surface area (Å²) in [6, 6.07) is 15.9. The number of aromatic nitrogens is 1. The summed E-state index contributed by atoms with van der Waals surface area (Å²) >= 11 is 8.18. The largest absolute Gasteiger partial charge is 0.361 e. The number of hydrogen-bond donors (Lipinski definition) is 1. The lowest BCUT2D eigenvalue weighted by atomic mass is 10.00. The summed E-state index contributed by atoms with van der Waals surface area (Å²) in [5.74, 6) is 0.320. The van der Waals surface area contributed by atoms with Gasteiger partial charge < -0.3 is 4.52 Å². The number of halogens is 2. The average molecular weight is 503 g/mol. The molecule has 8 heteroatoms. The van der Waals surface area contributed by atoms with Crippen LogP contribution in [0.3, 0.4) is 0 Å². The average Bonchev–Trinajstić information content (AvgIpc) is 2.98. The molecule has 1 heterocycles. The van der Waals surface area contributed by atoms with E-state index in [1.165, 1.54) is 0 Å². The maximum absolute atomic E-state index is 12.7. The Labute approximate surface area is 170 Å². The summed E-state index contributed by atoms with van der Waals surface area (Å²) in [4.78, 5) is 0. The second-order valence-corrected chi connectivity index (χ2v) is 9.28. The molecule has 3 rings (SSSR count). The Morgan fingerprint density at radius 1 is 1.12 bits per heavy atom. The van der Waals surface area contributed by atoms with Crippen molar-refractivity contribution in [2.45, 2.75) is 18.7 Å². The van der Waals surface area contributed by atoms with Crippen molar-refractivity contribution in [3.63, 3.8) is 0 Å². The summed E-state index contributed by atoms with van der Waals surface area (Å²) in [6.07, 6.45) is 0. The van der Waals surface area contributed by atoms with Crippen LogP contribution in [0, 0.1) is 10.5 Å². The van der Waals surface area contributed by atoms with Crippen LogP contribution in [-0.4, -0.2) is 13.6 Å². The zero-order valence-electron chi connectivity index (χ0n) is 13.8. The Morgan fingerprint density at radius 3 is 2.23 bits per heavy atom. The molecule has 1 N–H and O–H groups in total. The van der Waals surface area contributed by atoms with E-state index in [1.807, 2.05) is 36.4 Å². The number of hydrogen-bond acceptors (Lipinski definition) is 4. The van der Waals surface area contributed by atoms with Crippen molar-refractivity contribution in [1.82, 2.24) is 9.88 Å². The molecule has 0 radical (unpaired) electrons. The molecule has 0 aliphatic rings. The molecule has 136 valence electrons. The van der Waals surface area contributed by atoms with Crippen molar-refractivity contribution in [3.05, 3.63) is 85.8 Å². The van der Waals surface area contributed by atoms with Crippen LogP contribution in [0.15, 0.2) is 59.1 Å². The Morgan fingerprint density at radius 2 is 1.69 bits per heavy atom. The van der Waals surface area contributed by atoms with Gasteiger partial charge in [-0.1, -0.05) is 41.0 Å². The van der Waals surface area contributed by atoms with E-state index >= 15 is 0 Å². The number of aryl methyl sites for hydroxylation is 1. The maximum Gasteiger partial charge on any atom is 0.218 e. The molecule has 3 aromatic rings. The van der Waals surface area contributed by atoms with Gasteiger partial charge in [-0.3, -0.25) is 0 Å². The maximum atomic E-state index is 12.7. The molecule has 1 atom stereocenters. The van der Waals surface area contributed by atoms with Gasteiger partial charge >= 0.3 is 0 Å². The number of nitrogens with one attached hydrogen (secondary N) is 1. The van der Waals surface area contributed by atoms with E-state index < -0.39 is 16.1 Å². The van der Waals surface area contributed by atoms with Crippen LogP contribution in [0.1, 0.15) is 28.6 Å². The summed E-state index contributed by atoms with van der Waals surface area (Å²) in [5, 5.41) is 4.36. The summed E-state index contributed by atoms with van der Waals surface area (Å²) in [5.41, 5.74) is 2.01. The zero-order valence-corrected chi connectivity index (χ0v) is 17.5. The molecule has 0 spiro atoms. The minimum Gasteiger partial charge on any atom is -0.361 e. The van der Waals surface area contributed by atoms with Crippen molar-refractivity contribution in [1.29, 1.82) is 0 Å². The van der Waals surface area contributed by atoms with Gasteiger partial charge in [0.2, 0.25) is 10.0 Å². The summed E-state index contributed by atoms with van der Waals surface area (Å²) in [7, 11) is -3.64. The highest BCUT2D eigenvalue weighted by atomic mass is 127. The third kappa shape index (κ3) is 5.06. The van der Waals surface area contributed by atoms with Crippen molar-refractivity contribution in [3.8, 4) is 0 Å². The molecule has 1 unspecified atom stereocenters. The van der Waals surface area contributed by atoms with E-state index in [0.717, 1.165) is 14.7 Å². The molecular weight excluding hydrogens is 487 g/mol. The van der Waals surface area contributed by atoms with Gasteiger partial charge in [0.05, 0.1) is 6.04 Å². The molecule has 26 heavy (non-hydrogen) atoms. The minimum absolute atomic E-state index is 0.251. The van der Waals surface area contributed by atoms with Crippen LogP contribution < -0.4 is 4.72 Å². The van der Waals surface area contributed by atoms with E-state index in [-0.39, 0.29) is 5.75 Å². The molecule has 0 fully saturated rings. The molecule has 1 aromatic heterocycles. The third-order valence-corrected chi connectivity index (χ3v) is 5.96. The first-order valence-electron chi connectivity index (χ1n) is 7.75. The Balaban J connectivity index is 1.92. The second-order valence-electron chi connectivity index (χ2n) is 5.84. The van der Waals surface area contributed by atoms with Crippen LogP contribution in [0.2, 0.25) is 5.02 Å². The van der Waals surface area contributed by atoms with Gasteiger partial charge in [0.1, 0.15) is 17.2 Å². The number of sulfonamides is 1. The monoisotopic (exact) mass is 502 g/mol. The van der Waals surface area contributed by atoms with Crippen LogP contribution in [-0.2, 0) is 15.8 Å². The fourth-order valence-electron chi connectivity index (χ4n) is 2.54. The molecule has 0 aliphatic heterocycles. The number of benzene rings is 2. The van der Waals surface area contributed by atoms with Gasteiger partial charge in [0.15, 0.2) is 0 Å².